The van der Waals surface area contributed by atoms with E-state index in [9.17, 15) is 14.4 Å². The number of carbonyl (C=O) groups is 3. The molecule has 1 atom stereocenters. The quantitative estimate of drug-likeness (QED) is 0.681. The molecule has 7 nitrogen and oxygen atoms in total. The molecule has 9 heteroatoms. The van der Waals surface area contributed by atoms with Crippen LogP contribution in [0, 0.1) is 0 Å². The van der Waals surface area contributed by atoms with Crippen molar-refractivity contribution in [2.24, 2.45) is 5.73 Å². The van der Waals surface area contributed by atoms with E-state index in [-0.39, 0.29) is 15.7 Å². The number of primary amides is 1. The van der Waals surface area contributed by atoms with Gasteiger partial charge in [-0.05, 0) is 6.07 Å². The molecule has 2 amide bonds. The van der Waals surface area contributed by atoms with Crippen LogP contribution in [-0.4, -0.2) is 33.9 Å². The Balaban J connectivity index is 2.84. The van der Waals surface area contributed by atoms with E-state index in [0.717, 1.165) is 6.20 Å². The van der Waals surface area contributed by atoms with Crippen molar-refractivity contribution in [2.45, 2.75) is 12.5 Å². The Bertz CT molecular complexity index is 536. The fourth-order valence-corrected chi connectivity index (χ4v) is 1.46. The number of aliphatic carboxylic acids is 1. The second-order valence-corrected chi connectivity index (χ2v) is 4.30. The molecule has 0 bridgehead atoms. The lowest BCUT2D eigenvalue weighted by Gasteiger charge is -2.12. The van der Waals surface area contributed by atoms with Gasteiger partial charge >= 0.3 is 5.97 Å². The average Bonchev–Trinajstić information content (AvgIpc) is 2.31. The van der Waals surface area contributed by atoms with Gasteiger partial charge in [0.05, 0.1) is 17.0 Å². The minimum absolute atomic E-state index is 0.0186. The predicted molar refractivity (Wildman–Crippen MR) is 67.0 cm³/mol. The lowest BCUT2D eigenvalue weighted by Crippen LogP contribution is -2.43. The topological polar surface area (TPSA) is 122 Å². The first kappa shape index (κ1) is 15.2. The summed E-state index contributed by atoms with van der Waals surface area (Å²) < 4.78 is 0. The second kappa shape index (κ2) is 6.35. The molecule has 1 aromatic heterocycles. The first-order valence-corrected chi connectivity index (χ1v) is 5.70. The maximum absolute atomic E-state index is 11.7. The van der Waals surface area contributed by atoms with Crippen LogP contribution in [0.15, 0.2) is 12.3 Å². The molecule has 1 aromatic rings. The summed E-state index contributed by atoms with van der Waals surface area (Å²) in [6, 6.07) is -0.186. The smallest absolute Gasteiger partial charge is 0.326 e. The molecule has 0 aliphatic rings. The molecule has 0 fully saturated rings. The maximum Gasteiger partial charge on any atom is 0.326 e. The molecule has 0 saturated heterocycles. The van der Waals surface area contributed by atoms with E-state index in [1.807, 2.05) is 0 Å². The van der Waals surface area contributed by atoms with Crippen LogP contribution in [0.1, 0.15) is 16.8 Å². The lowest BCUT2D eigenvalue weighted by atomic mass is 10.2. The Morgan fingerprint density at radius 2 is 2.05 bits per heavy atom. The fraction of sp³-hybridized carbons (Fsp3) is 0.200. The summed E-state index contributed by atoms with van der Waals surface area (Å²) in [5.41, 5.74) is 4.90. The Labute approximate surface area is 117 Å². The molecule has 1 heterocycles. The van der Waals surface area contributed by atoms with Gasteiger partial charge in [-0.1, -0.05) is 23.2 Å². The van der Waals surface area contributed by atoms with Crippen LogP contribution in [-0.2, 0) is 9.59 Å². The number of hydrogen-bond acceptors (Lipinski definition) is 4. The molecular weight excluding hydrogens is 297 g/mol. The summed E-state index contributed by atoms with van der Waals surface area (Å²) in [4.78, 5) is 36.9. The number of hydrogen-bond donors (Lipinski definition) is 3. The molecule has 0 aromatic carbocycles. The normalized spacial score (nSPS) is 11.7. The molecule has 102 valence electrons. The fourth-order valence-electron chi connectivity index (χ4n) is 1.19. The molecule has 0 spiro atoms. The van der Waals surface area contributed by atoms with Crippen LogP contribution < -0.4 is 11.1 Å². The third-order valence-corrected chi connectivity index (χ3v) is 2.75. The van der Waals surface area contributed by atoms with Crippen molar-refractivity contribution in [3.8, 4) is 0 Å². The highest BCUT2D eigenvalue weighted by Gasteiger charge is 2.23. The third kappa shape index (κ3) is 4.38. The standard InChI is InChI=1S/C10H9Cl2N3O4/c11-5-1-4(3-14-8(5)12)9(17)15-6(10(18)19)2-7(13)16/h1,3,6H,2H2,(H2,13,16)(H,15,17)(H,18,19)/t6-/m0/s1. The molecule has 0 aliphatic heterocycles. The highest BCUT2D eigenvalue weighted by Crippen LogP contribution is 2.19. The first-order chi connectivity index (χ1) is 8.81. The molecule has 0 unspecified atom stereocenters. The van der Waals surface area contributed by atoms with Gasteiger partial charge in [-0.3, -0.25) is 9.59 Å². The molecular formula is C10H9Cl2N3O4. The Morgan fingerprint density at radius 1 is 1.42 bits per heavy atom. The minimum atomic E-state index is -1.42. The van der Waals surface area contributed by atoms with Gasteiger partial charge in [0, 0.05) is 6.20 Å². The number of carboxylic acids is 1. The van der Waals surface area contributed by atoms with Gasteiger partial charge in [-0.25, -0.2) is 9.78 Å². The van der Waals surface area contributed by atoms with Crippen LogP contribution in [0.3, 0.4) is 0 Å². The van der Waals surface area contributed by atoms with Gasteiger partial charge in [0.15, 0.2) is 0 Å². The van der Waals surface area contributed by atoms with Gasteiger partial charge in [0.25, 0.3) is 5.91 Å². The molecule has 4 N–H and O–H groups in total. The van der Waals surface area contributed by atoms with E-state index >= 15 is 0 Å². The summed E-state index contributed by atoms with van der Waals surface area (Å²) in [7, 11) is 0. The van der Waals surface area contributed by atoms with Crippen molar-refractivity contribution in [1.82, 2.24) is 10.3 Å². The minimum Gasteiger partial charge on any atom is -0.480 e. The lowest BCUT2D eigenvalue weighted by molar-refractivity contribution is -0.140. The van der Waals surface area contributed by atoms with Crippen molar-refractivity contribution in [3.05, 3.63) is 28.0 Å². The Hall–Kier alpha value is -1.86. The van der Waals surface area contributed by atoms with Crippen molar-refractivity contribution in [1.29, 1.82) is 0 Å². The number of nitrogens with two attached hydrogens (primary N) is 1. The average molecular weight is 306 g/mol. The number of amides is 2. The number of aromatic nitrogens is 1. The van der Waals surface area contributed by atoms with Crippen molar-refractivity contribution in [3.63, 3.8) is 0 Å². The van der Waals surface area contributed by atoms with Gasteiger partial charge in [0.1, 0.15) is 11.2 Å². The van der Waals surface area contributed by atoms with Gasteiger partial charge < -0.3 is 16.2 Å². The van der Waals surface area contributed by atoms with Crippen LogP contribution in [0.2, 0.25) is 10.2 Å². The SMILES string of the molecule is NC(=O)C[C@H](NC(=O)c1cnc(Cl)c(Cl)c1)C(=O)O. The number of halogens is 2. The number of carboxylic acid groups (broad SMARTS) is 1. The number of nitrogens with one attached hydrogen (secondary N) is 1. The molecule has 0 radical (unpaired) electrons. The van der Waals surface area contributed by atoms with Crippen LogP contribution >= 0.6 is 23.2 Å². The summed E-state index contributed by atoms with van der Waals surface area (Å²) in [5.74, 6) is -2.97. The largest absolute Gasteiger partial charge is 0.480 e. The van der Waals surface area contributed by atoms with Crippen molar-refractivity contribution in [2.75, 3.05) is 0 Å². The van der Waals surface area contributed by atoms with Crippen molar-refractivity contribution >= 4 is 41.0 Å². The zero-order chi connectivity index (χ0) is 14.6. The second-order valence-electron chi connectivity index (χ2n) is 3.53. The van der Waals surface area contributed by atoms with Crippen molar-refractivity contribution < 1.29 is 19.5 Å². The monoisotopic (exact) mass is 305 g/mol. The Kier molecular flexibility index (Phi) is 5.08. The summed E-state index contributed by atoms with van der Waals surface area (Å²) in [5, 5.41) is 11.0. The molecule has 0 aliphatic carbocycles. The summed E-state index contributed by atoms with van der Waals surface area (Å²) in [6.07, 6.45) is 0.614. The van der Waals surface area contributed by atoms with Gasteiger partial charge in [-0.15, -0.1) is 0 Å². The molecule has 0 saturated carbocycles. The molecule has 1 rings (SSSR count). The van der Waals surface area contributed by atoms with Gasteiger partial charge in [0.2, 0.25) is 5.91 Å². The Morgan fingerprint density at radius 3 is 2.53 bits per heavy atom. The highest BCUT2D eigenvalue weighted by molar-refractivity contribution is 6.41. The number of nitrogens with zero attached hydrogens (tertiary/aromatic N) is 1. The third-order valence-electron chi connectivity index (χ3n) is 2.07. The zero-order valence-corrected chi connectivity index (χ0v) is 10.9. The van der Waals surface area contributed by atoms with E-state index in [1.165, 1.54) is 6.07 Å². The summed E-state index contributed by atoms with van der Waals surface area (Å²) in [6.45, 7) is 0. The number of carbonyl (C=O) groups excluding carboxylic acids is 2. The van der Waals surface area contributed by atoms with E-state index in [4.69, 9.17) is 34.0 Å². The van der Waals surface area contributed by atoms with E-state index in [0.29, 0.717) is 0 Å². The van der Waals surface area contributed by atoms with E-state index in [1.54, 1.807) is 0 Å². The zero-order valence-electron chi connectivity index (χ0n) is 9.39. The van der Waals surface area contributed by atoms with Crippen LogP contribution in [0.5, 0.6) is 0 Å². The number of pyridine rings is 1. The first-order valence-electron chi connectivity index (χ1n) is 4.94. The highest BCUT2D eigenvalue weighted by atomic mass is 35.5. The maximum atomic E-state index is 11.7. The predicted octanol–water partition coefficient (Wildman–Crippen LogP) is 0.447. The van der Waals surface area contributed by atoms with E-state index < -0.39 is 30.2 Å². The van der Waals surface area contributed by atoms with E-state index in [2.05, 4.69) is 10.3 Å². The van der Waals surface area contributed by atoms with Crippen LogP contribution in [0.4, 0.5) is 0 Å². The van der Waals surface area contributed by atoms with Gasteiger partial charge in [-0.2, -0.15) is 0 Å². The summed E-state index contributed by atoms with van der Waals surface area (Å²) >= 11 is 11.3. The molecule has 19 heavy (non-hydrogen) atoms. The number of rotatable bonds is 5. The van der Waals surface area contributed by atoms with Crippen LogP contribution in [0.25, 0.3) is 0 Å².